The highest BCUT2D eigenvalue weighted by Crippen LogP contribution is 2.48. The van der Waals surface area contributed by atoms with Crippen molar-refractivity contribution in [2.75, 3.05) is 6.61 Å². The molecule has 0 radical (unpaired) electrons. The molecule has 1 saturated carbocycles. The lowest BCUT2D eigenvalue weighted by molar-refractivity contribution is -0.142. The van der Waals surface area contributed by atoms with Crippen LogP contribution < -0.4 is 0 Å². The molecule has 0 aromatic heterocycles. The molecule has 0 amide bonds. The summed E-state index contributed by atoms with van der Waals surface area (Å²) in [6.07, 6.45) is 5.68. The maximum Gasteiger partial charge on any atom is 0.305 e. The third-order valence-electron chi connectivity index (χ3n) is 4.69. The lowest BCUT2D eigenvalue weighted by Crippen LogP contribution is -2.34. The van der Waals surface area contributed by atoms with Gasteiger partial charge in [-0.1, -0.05) is 38.7 Å². The molecule has 20 heavy (non-hydrogen) atoms. The third kappa shape index (κ3) is 3.84. The van der Waals surface area contributed by atoms with Crippen molar-refractivity contribution in [1.82, 2.24) is 0 Å². The van der Waals surface area contributed by atoms with Crippen LogP contribution in [0.5, 0.6) is 0 Å². The first-order valence-corrected chi connectivity index (χ1v) is 7.46. The van der Waals surface area contributed by atoms with Gasteiger partial charge in [-0.25, -0.2) is 0 Å². The van der Waals surface area contributed by atoms with Crippen LogP contribution in [-0.4, -0.2) is 12.6 Å². The maximum atomic E-state index is 11.2. The Kier molecular flexibility index (Phi) is 5.79. The van der Waals surface area contributed by atoms with Gasteiger partial charge < -0.3 is 4.74 Å². The van der Waals surface area contributed by atoms with Gasteiger partial charge in [-0.2, -0.15) is 0 Å². The van der Waals surface area contributed by atoms with Crippen molar-refractivity contribution in [3.63, 3.8) is 0 Å². The molecule has 0 N–H and O–H groups in total. The average Bonchev–Trinajstić information content (AvgIpc) is 2.44. The summed E-state index contributed by atoms with van der Waals surface area (Å²) in [6.45, 7) is 18.8. The van der Waals surface area contributed by atoms with Gasteiger partial charge >= 0.3 is 5.97 Å². The van der Waals surface area contributed by atoms with E-state index in [1.54, 1.807) is 6.92 Å². The van der Waals surface area contributed by atoms with Gasteiger partial charge in [-0.05, 0) is 49.0 Å². The molecule has 1 aliphatic carbocycles. The Hall–Kier alpha value is -1.31. The Morgan fingerprint density at radius 3 is 2.60 bits per heavy atom. The topological polar surface area (TPSA) is 26.3 Å². The largest absolute Gasteiger partial charge is 0.461 e. The zero-order valence-corrected chi connectivity index (χ0v) is 13.2. The van der Waals surface area contributed by atoms with Crippen molar-refractivity contribution in [2.24, 2.45) is 17.3 Å². The normalized spacial score (nSPS) is 29.6. The average molecular weight is 276 g/mol. The van der Waals surface area contributed by atoms with Gasteiger partial charge in [0, 0.05) is 6.42 Å². The van der Waals surface area contributed by atoms with E-state index in [-0.39, 0.29) is 11.4 Å². The number of hydrogen-bond acceptors (Lipinski definition) is 2. The summed E-state index contributed by atoms with van der Waals surface area (Å²) in [5.74, 6) is 0.682. The van der Waals surface area contributed by atoms with E-state index in [2.05, 4.69) is 39.7 Å². The fourth-order valence-corrected chi connectivity index (χ4v) is 3.10. The Bertz CT molecular complexity index is 408. The number of rotatable bonds is 6. The van der Waals surface area contributed by atoms with E-state index < -0.39 is 0 Å². The third-order valence-corrected chi connectivity index (χ3v) is 4.69. The second kappa shape index (κ2) is 6.92. The minimum Gasteiger partial charge on any atom is -0.461 e. The Balaban J connectivity index is 2.67. The summed E-state index contributed by atoms with van der Waals surface area (Å²) in [4.78, 5) is 11.2. The Morgan fingerprint density at radius 1 is 1.45 bits per heavy atom. The van der Waals surface area contributed by atoms with Crippen LogP contribution in [0.25, 0.3) is 0 Å². The van der Waals surface area contributed by atoms with Crippen molar-refractivity contribution in [1.29, 1.82) is 0 Å². The van der Waals surface area contributed by atoms with Crippen LogP contribution in [0.4, 0.5) is 0 Å². The molecule has 0 unspecified atom stereocenters. The van der Waals surface area contributed by atoms with Crippen LogP contribution in [0.15, 0.2) is 37.0 Å². The number of ether oxygens (including phenoxy) is 1. The minimum atomic E-state index is -0.158. The highest BCUT2D eigenvalue weighted by Gasteiger charge is 2.38. The van der Waals surface area contributed by atoms with Gasteiger partial charge in [0.2, 0.25) is 0 Å². The van der Waals surface area contributed by atoms with E-state index in [0.717, 1.165) is 24.8 Å². The molecule has 0 aromatic rings. The van der Waals surface area contributed by atoms with Crippen molar-refractivity contribution in [3.8, 4) is 0 Å². The van der Waals surface area contributed by atoms with Crippen molar-refractivity contribution in [3.05, 3.63) is 37.0 Å². The minimum absolute atomic E-state index is 0.128. The summed E-state index contributed by atoms with van der Waals surface area (Å²) in [6, 6.07) is 0. The smallest absolute Gasteiger partial charge is 0.305 e. The number of esters is 1. The number of allylic oxidation sites excluding steroid dienone is 2. The van der Waals surface area contributed by atoms with Gasteiger partial charge in [-0.3, -0.25) is 4.79 Å². The van der Waals surface area contributed by atoms with E-state index >= 15 is 0 Å². The molecule has 1 aliphatic rings. The zero-order valence-electron chi connectivity index (χ0n) is 13.2. The number of carbonyl (C=O) groups excluding carboxylic acids is 1. The van der Waals surface area contributed by atoms with Crippen LogP contribution in [0.1, 0.15) is 46.5 Å². The molecular weight excluding hydrogens is 248 g/mol. The van der Waals surface area contributed by atoms with Crippen LogP contribution in [-0.2, 0) is 9.53 Å². The van der Waals surface area contributed by atoms with Crippen LogP contribution in [0, 0.1) is 17.3 Å². The van der Waals surface area contributed by atoms with Gasteiger partial charge in [0.25, 0.3) is 0 Å². The zero-order chi connectivity index (χ0) is 15.3. The van der Waals surface area contributed by atoms with Crippen molar-refractivity contribution < 1.29 is 9.53 Å². The SMILES string of the molecule is C=C[C@]1(C)CC[C@@H](C(=C)COC(=O)CC)C[C@H]1C(=C)C. The van der Waals surface area contributed by atoms with Crippen LogP contribution in [0.2, 0.25) is 0 Å². The molecule has 0 saturated heterocycles. The molecule has 1 rings (SSSR count). The maximum absolute atomic E-state index is 11.2. The molecule has 2 heteroatoms. The molecule has 0 aliphatic heterocycles. The summed E-state index contributed by atoms with van der Waals surface area (Å²) < 4.78 is 5.20. The highest BCUT2D eigenvalue weighted by molar-refractivity contribution is 5.69. The first-order valence-electron chi connectivity index (χ1n) is 7.46. The predicted molar refractivity (Wildman–Crippen MR) is 84.3 cm³/mol. The van der Waals surface area contributed by atoms with Crippen LogP contribution in [0.3, 0.4) is 0 Å². The molecule has 0 bridgehead atoms. The lowest BCUT2D eigenvalue weighted by Gasteiger charge is -2.43. The molecule has 0 spiro atoms. The fraction of sp³-hybridized carbons (Fsp3) is 0.611. The monoisotopic (exact) mass is 276 g/mol. The van der Waals surface area contributed by atoms with E-state index in [1.165, 1.54) is 5.57 Å². The molecular formula is C18H28O2. The number of carbonyl (C=O) groups is 1. The molecule has 1 fully saturated rings. The molecule has 112 valence electrons. The first kappa shape index (κ1) is 16.7. The second-order valence-electron chi connectivity index (χ2n) is 6.25. The number of hydrogen-bond donors (Lipinski definition) is 0. The lowest BCUT2D eigenvalue weighted by atomic mass is 9.61. The van der Waals surface area contributed by atoms with E-state index in [4.69, 9.17) is 4.74 Å². The molecule has 0 aromatic carbocycles. The Morgan fingerprint density at radius 2 is 2.10 bits per heavy atom. The predicted octanol–water partition coefficient (Wildman–Crippen LogP) is 4.68. The molecule has 0 heterocycles. The fourth-order valence-electron chi connectivity index (χ4n) is 3.10. The van der Waals surface area contributed by atoms with Crippen molar-refractivity contribution in [2.45, 2.75) is 46.5 Å². The standard InChI is InChI=1S/C18H28O2/c1-7-17(19)20-12-14(5)15-9-10-18(6,8-2)16(11-15)13(3)4/h8,15-16H,2-3,5,7,9-12H2,1,4,6H3/t15-,16+,18-/m1/s1. The summed E-state index contributed by atoms with van der Waals surface area (Å²) in [7, 11) is 0. The van der Waals surface area contributed by atoms with E-state index in [0.29, 0.717) is 24.9 Å². The summed E-state index contributed by atoms with van der Waals surface area (Å²) in [5, 5.41) is 0. The first-order chi connectivity index (χ1) is 9.34. The summed E-state index contributed by atoms with van der Waals surface area (Å²) >= 11 is 0. The molecule has 3 atom stereocenters. The molecule has 2 nitrogen and oxygen atoms in total. The Labute approximate surface area is 123 Å². The van der Waals surface area contributed by atoms with Gasteiger partial charge in [0.15, 0.2) is 0 Å². The highest BCUT2D eigenvalue weighted by atomic mass is 16.5. The van der Waals surface area contributed by atoms with E-state index in [9.17, 15) is 4.79 Å². The second-order valence-corrected chi connectivity index (χ2v) is 6.25. The summed E-state index contributed by atoms with van der Waals surface area (Å²) in [5.41, 5.74) is 2.36. The van der Waals surface area contributed by atoms with Crippen molar-refractivity contribution >= 4 is 5.97 Å². The van der Waals surface area contributed by atoms with Gasteiger partial charge in [-0.15, -0.1) is 6.58 Å². The van der Waals surface area contributed by atoms with Crippen LogP contribution >= 0.6 is 0 Å². The van der Waals surface area contributed by atoms with Gasteiger partial charge in [0.1, 0.15) is 6.61 Å². The quantitative estimate of drug-likeness (QED) is 0.520. The van der Waals surface area contributed by atoms with E-state index in [1.807, 2.05) is 0 Å². The van der Waals surface area contributed by atoms with Gasteiger partial charge in [0.05, 0.1) is 0 Å².